The molecule has 0 radical (unpaired) electrons. The van der Waals surface area contributed by atoms with Crippen LogP contribution in [0, 0.1) is 5.41 Å². The SMILES string of the molecule is CN[C@@H]1C(O)[C@@H](OC2C(O)C(O[C@H]3O[C@H](CNCCO)CCC3N)[C@@H](N)C[C@H]2NC(=N)C(C)O)OCC1(C)O. The fourth-order valence-corrected chi connectivity index (χ4v) is 5.43. The van der Waals surface area contributed by atoms with Gasteiger partial charge < -0.3 is 71.9 Å². The first-order valence-corrected chi connectivity index (χ1v) is 13.6. The van der Waals surface area contributed by atoms with E-state index in [-0.39, 0.29) is 31.6 Å². The van der Waals surface area contributed by atoms with Gasteiger partial charge in [-0.3, -0.25) is 5.41 Å². The van der Waals surface area contributed by atoms with Crippen molar-refractivity contribution in [2.24, 2.45) is 11.5 Å². The van der Waals surface area contributed by atoms with Crippen LogP contribution >= 0.6 is 0 Å². The van der Waals surface area contributed by atoms with Crippen molar-refractivity contribution in [2.75, 3.05) is 33.4 Å². The van der Waals surface area contributed by atoms with Crippen LogP contribution in [0.2, 0.25) is 0 Å². The van der Waals surface area contributed by atoms with Gasteiger partial charge in [0.25, 0.3) is 0 Å². The van der Waals surface area contributed by atoms with Gasteiger partial charge in [0.15, 0.2) is 12.6 Å². The summed E-state index contributed by atoms with van der Waals surface area (Å²) in [5, 5.41) is 68.8. The second kappa shape index (κ2) is 14.2. The minimum Gasteiger partial charge on any atom is -0.395 e. The number of amidine groups is 1. The lowest BCUT2D eigenvalue weighted by Crippen LogP contribution is -2.69. The predicted molar refractivity (Wildman–Crippen MR) is 140 cm³/mol. The highest BCUT2D eigenvalue weighted by Gasteiger charge is 2.51. The first kappa shape index (κ1) is 32.5. The van der Waals surface area contributed by atoms with Crippen LogP contribution in [-0.2, 0) is 18.9 Å². The average molecular weight is 565 g/mol. The maximum absolute atomic E-state index is 11.5. The first-order valence-electron chi connectivity index (χ1n) is 13.6. The van der Waals surface area contributed by atoms with E-state index in [0.717, 1.165) is 0 Å². The summed E-state index contributed by atoms with van der Waals surface area (Å²) in [6, 6.07) is -2.69. The molecule has 39 heavy (non-hydrogen) atoms. The second-order valence-corrected chi connectivity index (χ2v) is 11.0. The Morgan fingerprint density at radius 1 is 1.13 bits per heavy atom. The van der Waals surface area contributed by atoms with Crippen molar-refractivity contribution in [3.63, 3.8) is 0 Å². The van der Waals surface area contributed by atoms with Crippen molar-refractivity contribution >= 4 is 5.84 Å². The monoisotopic (exact) mass is 564 g/mol. The van der Waals surface area contributed by atoms with E-state index in [9.17, 15) is 20.4 Å². The van der Waals surface area contributed by atoms with Crippen LogP contribution in [0.4, 0.5) is 0 Å². The van der Waals surface area contributed by atoms with Crippen molar-refractivity contribution in [1.82, 2.24) is 16.0 Å². The van der Waals surface area contributed by atoms with Crippen LogP contribution in [0.25, 0.3) is 0 Å². The number of rotatable bonds is 11. The molecule has 1 aliphatic carbocycles. The lowest BCUT2D eigenvalue weighted by atomic mass is 9.83. The normalized spacial score (nSPS) is 44.1. The van der Waals surface area contributed by atoms with Crippen LogP contribution in [0.3, 0.4) is 0 Å². The van der Waals surface area contributed by atoms with Crippen molar-refractivity contribution in [3.05, 3.63) is 0 Å². The number of ether oxygens (including phenoxy) is 4. The Morgan fingerprint density at radius 3 is 2.46 bits per heavy atom. The van der Waals surface area contributed by atoms with Gasteiger partial charge in [0, 0.05) is 19.1 Å². The number of nitrogens with one attached hydrogen (secondary N) is 4. The summed E-state index contributed by atoms with van der Waals surface area (Å²) in [6.45, 7) is 3.75. The highest BCUT2D eigenvalue weighted by molar-refractivity contribution is 5.83. The molecule has 15 nitrogen and oxygen atoms in total. The first-order chi connectivity index (χ1) is 18.4. The summed E-state index contributed by atoms with van der Waals surface area (Å²) in [7, 11) is 1.59. The van der Waals surface area contributed by atoms with Gasteiger partial charge in [0.2, 0.25) is 0 Å². The van der Waals surface area contributed by atoms with Crippen LogP contribution in [0.5, 0.6) is 0 Å². The molecule has 0 amide bonds. The minimum atomic E-state index is -1.36. The Balaban J connectivity index is 1.77. The molecule has 2 heterocycles. The molecule has 0 aromatic heterocycles. The molecule has 0 aromatic rings. The molecule has 13 atom stereocenters. The number of hydrogen-bond acceptors (Lipinski definition) is 14. The molecular formula is C24H48N6O9. The van der Waals surface area contributed by atoms with E-state index in [1.54, 1.807) is 7.05 Å². The van der Waals surface area contributed by atoms with Gasteiger partial charge in [-0.15, -0.1) is 0 Å². The zero-order valence-electron chi connectivity index (χ0n) is 22.9. The van der Waals surface area contributed by atoms with Crippen LogP contribution in [-0.4, -0.2) is 144 Å². The Kier molecular flexibility index (Phi) is 11.8. The zero-order chi connectivity index (χ0) is 28.9. The molecule has 3 aliphatic rings. The third kappa shape index (κ3) is 8.03. The molecule has 2 aliphatic heterocycles. The van der Waals surface area contributed by atoms with Crippen LogP contribution < -0.4 is 27.4 Å². The smallest absolute Gasteiger partial charge is 0.185 e. The number of aliphatic hydroxyl groups is 5. The molecule has 0 aromatic carbocycles. The van der Waals surface area contributed by atoms with Gasteiger partial charge >= 0.3 is 0 Å². The van der Waals surface area contributed by atoms with Gasteiger partial charge in [-0.2, -0.15) is 0 Å². The molecule has 15 heteroatoms. The Hall–Kier alpha value is -1.05. The molecule has 3 fully saturated rings. The third-order valence-electron chi connectivity index (χ3n) is 7.66. The lowest BCUT2D eigenvalue weighted by Gasteiger charge is -2.49. The lowest BCUT2D eigenvalue weighted by molar-refractivity contribution is -0.307. The van der Waals surface area contributed by atoms with E-state index in [1.165, 1.54) is 13.8 Å². The number of likely N-dealkylation sites (N-methyl/N-ethyl adjacent to an activating group) is 1. The minimum absolute atomic E-state index is 0.00438. The van der Waals surface area contributed by atoms with Gasteiger partial charge in [-0.1, -0.05) is 0 Å². The quantitative estimate of drug-likeness (QED) is 0.0645. The fourth-order valence-electron chi connectivity index (χ4n) is 5.43. The van der Waals surface area contributed by atoms with E-state index in [2.05, 4.69) is 16.0 Å². The summed E-state index contributed by atoms with van der Waals surface area (Å²) in [5.41, 5.74) is 11.3. The largest absolute Gasteiger partial charge is 0.395 e. The van der Waals surface area contributed by atoms with Crippen molar-refractivity contribution in [3.8, 4) is 0 Å². The van der Waals surface area contributed by atoms with Crippen molar-refractivity contribution < 1.29 is 44.5 Å². The molecule has 13 N–H and O–H groups in total. The summed E-state index contributed by atoms with van der Waals surface area (Å²) >= 11 is 0. The highest BCUT2D eigenvalue weighted by Crippen LogP contribution is 2.32. The van der Waals surface area contributed by atoms with Crippen LogP contribution in [0.15, 0.2) is 0 Å². The summed E-state index contributed by atoms with van der Waals surface area (Å²) in [6.07, 6.45) is -6.59. The fraction of sp³-hybridized carbons (Fsp3) is 0.958. The van der Waals surface area contributed by atoms with E-state index in [1.807, 2.05) is 0 Å². The van der Waals surface area contributed by atoms with Crippen molar-refractivity contribution in [2.45, 2.75) is 112 Å². The van der Waals surface area contributed by atoms with Gasteiger partial charge in [-0.25, -0.2) is 0 Å². The zero-order valence-corrected chi connectivity index (χ0v) is 22.9. The summed E-state index contributed by atoms with van der Waals surface area (Å²) < 4.78 is 23.9. The van der Waals surface area contributed by atoms with E-state index < -0.39 is 72.9 Å². The van der Waals surface area contributed by atoms with Gasteiger partial charge in [0.05, 0.1) is 37.4 Å². The summed E-state index contributed by atoms with van der Waals surface area (Å²) in [5.74, 6) is -0.190. The van der Waals surface area contributed by atoms with Gasteiger partial charge in [-0.05, 0) is 40.2 Å². The topological polar surface area (TPSA) is 250 Å². The second-order valence-electron chi connectivity index (χ2n) is 11.0. The number of nitrogens with two attached hydrogens (primary N) is 2. The van der Waals surface area contributed by atoms with Gasteiger partial charge in [0.1, 0.15) is 42.0 Å². The van der Waals surface area contributed by atoms with Crippen LogP contribution in [0.1, 0.15) is 33.1 Å². The van der Waals surface area contributed by atoms with E-state index in [4.69, 9.17) is 40.9 Å². The number of hydrogen-bond donors (Lipinski definition) is 11. The molecule has 228 valence electrons. The predicted octanol–water partition coefficient (Wildman–Crippen LogP) is -4.36. The molecular weight excluding hydrogens is 516 g/mol. The number of aliphatic hydroxyl groups excluding tert-OH is 4. The standard InChI is InChI=1S/C24H48N6O9/c1-11(32)21(27)30-15-8-14(26)18(38-22-13(25)5-4-12(37-22)9-29-6-7-31)16(33)19(15)39-23-17(34)20(28-3)24(2,35)10-36-23/h11-20,22-23,28-29,31-35H,4-10,25-26H2,1-3H3,(H2,27,30)/t11?,12-,13?,14-,15+,16?,17?,18?,19?,20+,22+,23+,24?/m0/s1. The van der Waals surface area contributed by atoms with E-state index in [0.29, 0.717) is 25.9 Å². The Morgan fingerprint density at radius 2 is 1.82 bits per heavy atom. The highest BCUT2D eigenvalue weighted by atomic mass is 16.7. The Labute approximate surface area is 229 Å². The van der Waals surface area contributed by atoms with Crippen molar-refractivity contribution in [1.29, 1.82) is 5.41 Å². The molecule has 0 bridgehead atoms. The summed E-state index contributed by atoms with van der Waals surface area (Å²) in [4.78, 5) is 0. The molecule has 0 spiro atoms. The van der Waals surface area contributed by atoms with E-state index >= 15 is 0 Å². The maximum Gasteiger partial charge on any atom is 0.185 e. The molecule has 2 saturated heterocycles. The third-order valence-corrected chi connectivity index (χ3v) is 7.66. The average Bonchev–Trinajstić information content (AvgIpc) is 2.87. The maximum atomic E-state index is 11.5. The molecule has 3 rings (SSSR count). The molecule has 7 unspecified atom stereocenters. The Bertz CT molecular complexity index is 780. The molecule has 1 saturated carbocycles.